The van der Waals surface area contributed by atoms with E-state index in [1.54, 1.807) is 11.0 Å². The summed E-state index contributed by atoms with van der Waals surface area (Å²) in [6.07, 6.45) is 0.588. The third-order valence-electron chi connectivity index (χ3n) is 6.30. The number of rotatable bonds is 4. The molecule has 1 aromatic carbocycles. The summed E-state index contributed by atoms with van der Waals surface area (Å²) in [5.74, 6) is 5.31. The summed E-state index contributed by atoms with van der Waals surface area (Å²) in [6, 6.07) is 4.89. The first-order valence-electron chi connectivity index (χ1n) is 12.0. The van der Waals surface area contributed by atoms with Crippen molar-refractivity contribution in [3.63, 3.8) is 0 Å². The molecule has 0 aromatic heterocycles. The van der Waals surface area contributed by atoms with Gasteiger partial charge in [0.05, 0.1) is 13.1 Å². The van der Waals surface area contributed by atoms with Gasteiger partial charge < -0.3 is 9.64 Å². The lowest BCUT2D eigenvalue weighted by molar-refractivity contribution is -0.156. The molecule has 1 atom stereocenters. The molecule has 1 aromatic rings. The predicted molar refractivity (Wildman–Crippen MR) is 128 cm³/mol. The molecule has 0 radical (unpaired) electrons. The van der Waals surface area contributed by atoms with E-state index in [2.05, 4.69) is 27.0 Å². The zero-order chi connectivity index (χ0) is 25.2. The van der Waals surface area contributed by atoms with Crippen molar-refractivity contribution >= 4 is 23.7 Å². The molecule has 0 spiro atoms. The fourth-order valence-corrected chi connectivity index (χ4v) is 4.57. The van der Waals surface area contributed by atoms with E-state index in [4.69, 9.17) is 4.74 Å². The second-order valence-electron chi connectivity index (χ2n) is 10.2. The van der Waals surface area contributed by atoms with Crippen LogP contribution in [0.4, 0.5) is 0 Å². The number of piperazine rings is 1. The molecule has 0 bridgehead atoms. The zero-order valence-electron chi connectivity index (χ0n) is 20.6. The molecule has 3 heterocycles. The number of carbonyl (C=O) groups excluding carboxylic acids is 4. The number of piperidine rings is 1. The van der Waals surface area contributed by atoms with Crippen LogP contribution in [0.2, 0.25) is 0 Å². The molecule has 2 fully saturated rings. The minimum Gasteiger partial charge on any atom is -0.459 e. The van der Waals surface area contributed by atoms with E-state index in [0.717, 1.165) is 37.3 Å². The molecule has 3 amide bonds. The fourth-order valence-electron chi connectivity index (χ4n) is 4.57. The van der Waals surface area contributed by atoms with Crippen LogP contribution in [-0.4, -0.2) is 89.3 Å². The maximum atomic E-state index is 12.8. The molecule has 0 aliphatic carbocycles. The monoisotopic (exact) mass is 480 g/mol. The Hall–Kier alpha value is -3.22. The Morgan fingerprint density at radius 3 is 2.51 bits per heavy atom. The third-order valence-corrected chi connectivity index (χ3v) is 6.30. The SMILES string of the molecule is CC(C)(C)OC(=O)CN1CCN(CC#Cc2ccc3c(c2)CN(C2CCC(=O)NC2=O)C3=O)CC1. The molecule has 9 nitrogen and oxygen atoms in total. The lowest BCUT2D eigenvalue weighted by atomic mass is 10.0. The number of hydrogen-bond donors (Lipinski definition) is 1. The van der Waals surface area contributed by atoms with E-state index in [0.29, 0.717) is 31.6 Å². The largest absolute Gasteiger partial charge is 0.459 e. The highest BCUT2D eigenvalue weighted by Gasteiger charge is 2.39. The first kappa shape index (κ1) is 24.9. The molecule has 3 aliphatic heterocycles. The molecule has 35 heavy (non-hydrogen) atoms. The highest BCUT2D eigenvalue weighted by atomic mass is 16.6. The predicted octanol–water partition coefficient (Wildman–Crippen LogP) is 0.758. The van der Waals surface area contributed by atoms with Crippen molar-refractivity contribution < 1.29 is 23.9 Å². The summed E-state index contributed by atoms with van der Waals surface area (Å²) in [7, 11) is 0. The third kappa shape index (κ3) is 6.27. The topological polar surface area (TPSA) is 99.3 Å². The smallest absolute Gasteiger partial charge is 0.320 e. The normalized spacial score (nSPS) is 21.3. The minimum absolute atomic E-state index is 0.182. The fraction of sp³-hybridized carbons (Fsp3) is 0.538. The molecule has 0 saturated carbocycles. The second kappa shape index (κ2) is 10.2. The summed E-state index contributed by atoms with van der Waals surface area (Å²) >= 11 is 0. The maximum Gasteiger partial charge on any atom is 0.320 e. The number of carbonyl (C=O) groups is 4. The van der Waals surface area contributed by atoms with Gasteiger partial charge in [0.15, 0.2) is 0 Å². The Bertz CT molecular complexity index is 1090. The molecule has 1 N–H and O–H groups in total. The van der Waals surface area contributed by atoms with Crippen molar-refractivity contribution in [2.24, 2.45) is 0 Å². The van der Waals surface area contributed by atoms with E-state index in [9.17, 15) is 19.2 Å². The number of ether oxygens (including phenoxy) is 1. The van der Waals surface area contributed by atoms with Crippen molar-refractivity contribution in [2.75, 3.05) is 39.3 Å². The summed E-state index contributed by atoms with van der Waals surface area (Å²) in [4.78, 5) is 54.3. The first-order chi connectivity index (χ1) is 16.6. The van der Waals surface area contributed by atoms with Crippen LogP contribution < -0.4 is 5.32 Å². The van der Waals surface area contributed by atoms with Crippen LogP contribution in [0, 0.1) is 11.8 Å². The van der Waals surface area contributed by atoms with Crippen molar-refractivity contribution in [1.82, 2.24) is 20.0 Å². The standard InChI is InChI=1S/C26H32N4O5/c1-26(2,3)35-23(32)17-29-13-11-28(12-14-29)10-4-5-18-6-7-20-19(15-18)16-30(25(20)34)21-8-9-22(31)27-24(21)33/h6-7,15,21H,8-14,16-17H2,1-3H3,(H,27,31,33). The molecule has 4 rings (SSSR count). The number of nitrogens with one attached hydrogen (secondary N) is 1. The molecular formula is C26H32N4O5. The number of benzene rings is 1. The Kier molecular flexibility index (Phi) is 7.24. The van der Waals surface area contributed by atoms with Crippen LogP contribution in [0.3, 0.4) is 0 Å². The van der Waals surface area contributed by atoms with Gasteiger partial charge in [0, 0.05) is 50.3 Å². The van der Waals surface area contributed by atoms with Crippen molar-refractivity contribution in [1.29, 1.82) is 0 Å². The molecule has 1 unspecified atom stereocenters. The van der Waals surface area contributed by atoms with Crippen molar-refractivity contribution in [3.05, 3.63) is 34.9 Å². The van der Waals surface area contributed by atoms with Gasteiger partial charge in [-0.1, -0.05) is 11.8 Å². The van der Waals surface area contributed by atoms with E-state index in [1.807, 2.05) is 32.9 Å². The molecule has 186 valence electrons. The lowest BCUT2D eigenvalue weighted by Gasteiger charge is -2.33. The van der Waals surface area contributed by atoms with Gasteiger partial charge in [-0.15, -0.1) is 0 Å². The van der Waals surface area contributed by atoms with Gasteiger partial charge in [0.2, 0.25) is 11.8 Å². The summed E-state index contributed by atoms with van der Waals surface area (Å²) in [5.41, 5.74) is 1.79. The number of amides is 3. The quantitative estimate of drug-likeness (QED) is 0.386. The van der Waals surface area contributed by atoms with Gasteiger partial charge in [-0.25, -0.2) is 0 Å². The lowest BCUT2D eigenvalue weighted by Crippen LogP contribution is -2.52. The van der Waals surface area contributed by atoms with Crippen molar-refractivity contribution in [2.45, 2.75) is 51.8 Å². The van der Waals surface area contributed by atoms with Gasteiger partial charge in [-0.3, -0.25) is 34.3 Å². The van der Waals surface area contributed by atoms with Gasteiger partial charge in [-0.2, -0.15) is 0 Å². The van der Waals surface area contributed by atoms with Gasteiger partial charge in [0.25, 0.3) is 5.91 Å². The molecule has 2 saturated heterocycles. The van der Waals surface area contributed by atoms with Gasteiger partial charge in [0.1, 0.15) is 11.6 Å². The van der Waals surface area contributed by atoms with E-state index in [1.165, 1.54) is 0 Å². The Balaban J connectivity index is 1.28. The van der Waals surface area contributed by atoms with Crippen LogP contribution in [0.15, 0.2) is 18.2 Å². The average molecular weight is 481 g/mol. The second-order valence-corrected chi connectivity index (χ2v) is 10.2. The average Bonchev–Trinajstić information content (AvgIpc) is 3.09. The maximum absolute atomic E-state index is 12.8. The van der Waals surface area contributed by atoms with Gasteiger partial charge in [-0.05, 0) is 51.0 Å². The Labute approximate surface area is 205 Å². The van der Waals surface area contributed by atoms with Crippen LogP contribution in [0.1, 0.15) is 55.1 Å². The van der Waals surface area contributed by atoms with Crippen molar-refractivity contribution in [3.8, 4) is 11.8 Å². The summed E-state index contributed by atoms with van der Waals surface area (Å²) in [5, 5.41) is 2.32. The van der Waals surface area contributed by atoms with E-state index < -0.39 is 17.6 Å². The van der Waals surface area contributed by atoms with Crippen LogP contribution >= 0.6 is 0 Å². The number of nitrogens with zero attached hydrogens (tertiary/aromatic N) is 3. The zero-order valence-corrected chi connectivity index (χ0v) is 20.6. The van der Waals surface area contributed by atoms with E-state index in [-0.39, 0.29) is 24.2 Å². The van der Waals surface area contributed by atoms with Crippen LogP contribution in [0.5, 0.6) is 0 Å². The highest BCUT2D eigenvalue weighted by Crippen LogP contribution is 2.28. The molecule has 9 heteroatoms. The van der Waals surface area contributed by atoms with Crippen LogP contribution in [-0.2, 0) is 25.7 Å². The number of imide groups is 1. The highest BCUT2D eigenvalue weighted by molar-refractivity contribution is 6.05. The van der Waals surface area contributed by atoms with E-state index >= 15 is 0 Å². The first-order valence-corrected chi connectivity index (χ1v) is 12.0. The number of fused-ring (bicyclic) bond motifs is 1. The Morgan fingerprint density at radius 2 is 1.83 bits per heavy atom. The number of esters is 1. The minimum atomic E-state index is -0.615. The molecule has 3 aliphatic rings. The summed E-state index contributed by atoms with van der Waals surface area (Å²) < 4.78 is 5.40. The molecular weight excluding hydrogens is 448 g/mol. The Morgan fingerprint density at radius 1 is 1.11 bits per heavy atom. The number of hydrogen-bond acceptors (Lipinski definition) is 7. The summed E-state index contributed by atoms with van der Waals surface area (Å²) in [6.45, 7) is 10.1. The van der Waals surface area contributed by atoms with Crippen LogP contribution in [0.25, 0.3) is 0 Å². The van der Waals surface area contributed by atoms with Gasteiger partial charge >= 0.3 is 5.97 Å².